The van der Waals surface area contributed by atoms with Gasteiger partial charge in [-0.3, -0.25) is 4.98 Å². The topological polar surface area (TPSA) is 16.8 Å². The number of aryl methyl sites for hydroxylation is 2. The normalized spacial score (nSPS) is 10.8. The van der Waals surface area contributed by atoms with Crippen LogP contribution in [0.15, 0.2) is 54.9 Å². The van der Waals surface area contributed by atoms with Crippen molar-refractivity contribution in [2.45, 2.75) is 6.92 Å². The molecule has 2 aromatic heterocycles. The van der Waals surface area contributed by atoms with Gasteiger partial charge in [0.25, 0.3) is 0 Å². The van der Waals surface area contributed by atoms with Gasteiger partial charge >= 0.3 is 0 Å². The Morgan fingerprint density at radius 2 is 1.89 bits per heavy atom. The summed E-state index contributed by atoms with van der Waals surface area (Å²) in [6, 6.07) is 14.6. The van der Waals surface area contributed by atoms with Crippen LogP contribution in [-0.2, 0) is 7.05 Å². The molecular weight excluding hydrogens is 220 g/mol. The minimum Gasteiger partial charge on any atom is -0.256 e. The van der Waals surface area contributed by atoms with Crippen LogP contribution in [0.25, 0.3) is 22.2 Å². The highest BCUT2D eigenvalue weighted by Crippen LogP contribution is 2.26. The lowest BCUT2D eigenvalue weighted by Gasteiger charge is -2.07. The average molecular weight is 235 g/mol. The predicted molar refractivity (Wildman–Crippen MR) is 73.1 cm³/mol. The van der Waals surface area contributed by atoms with Gasteiger partial charge in [-0.15, -0.1) is 0 Å². The van der Waals surface area contributed by atoms with E-state index < -0.39 is 0 Å². The van der Waals surface area contributed by atoms with Crippen molar-refractivity contribution in [1.82, 2.24) is 4.98 Å². The molecule has 0 saturated heterocycles. The van der Waals surface area contributed by atoms with Gasteiger partial charge in [0.15, 0.2) is 6.20 Å². The maximum atomic E-state index is 4.49. The molecule has 0 aliphatic carbocycles. The minimum atomic E-state index is 1.08. The zero-order valence-corrected chi connectivity index (χ0v) is 10.6. The quantitative estimate of drug-likeness (QED) is 0.592. The Kier molecular flexibility index (Phi) is 2.56. The van der Waals surface area contributed by atoms with Crippen molar-refractivity contribution in [2.24, 2.45) is 7.05 Å². The number of fused-ring (bicyclic) bond motifs is 1. The van der Waals surface area contributed by atoms with Crippen molar-refractivity contribution >= 4 is 10.9 Å². The molecule has 1 aromatic carbocycles. The predicted octanol–water partition coefficient (Wildman–Crippen LogP) is 3.03. The molecule has 0 atom stereocenters. The Labute approximate surface area is 107 Å². The highest BCUT2D eigenvalue weighted by molar-refractivity contribution is 5.87. The van der Waals surface area contributed by atoms with Crippen LogP contribution >= 0.6 is 0 Å². The molecule has 0 spiro atoms. The highest BCUT2D eigenvalue weighted by Gasteiger charge is 2.13. The molecule has 0 bridgehead atoms. The van der Waals surface area contributed by atoms with Crippen LogP contribution in [0.5, 0.6) is 0 Å². The lowest BCUT2D eigenvalue weighted by atomic mass is 10.0. The van der Waals surface area contributed by atoms with E-state index in [0.717, 1.165) is 5.52 Å². The van der Waals surface area contributed by atoms with Gasteiger partial charge in [-0.25, -0.2) is 4.57 Å². The van der Waals surface area contributed by atoms with Crippen LogP contribution in [0, 0.1) is 6.92 Å². The molecule has 0 amide bonds. The molecule has 0 unspecified atom stereocenters. The van der Waals surface area contributed by atoms with Crippen molar-refractivity contribution in [2.75, 3.05) is 0 Å². The molecule has 2 nitrogen and oxygen atoms in total. The molecule has 0 radical (unpaired) electrons. The van der Waals surface area contributed by atoms with Crippen LogP contribution in [-0.4, -0.2) is 4.98 Å². The summed E-state index contributed by atoms with van der Waals surface area (Å²) in [5.41, 5.74) is 4.76. The zero-order valence-electron chi connectivity index (χ0n) is 10.6. The van der Waals surface area contributed by atoms with Crippen LogP contribution in [0.2, 0.25) is 0 Å². The van der Waals surface area contributed by atoms with E-state index in [4.69, 9.17) is 0 Å². The molecule has 0 aliphatic rings. The molecule has 18 heavy (non-hydrogen) atoms. The van der Waals surface area contributed by atoms with Gasteiger partial charge < -0.3 is 0 Å². The van der Waals surface area contributed by atoms with Crippen LogP contribution in [0.4, 0.5) is 0 Å². The van der Waals surface area contributed by atoms with E-state index in [1.54, 1.807) is 0 Å². The summed E-state index contributed by atoms with van der Waals surface area (Å²) in [4.78, 5) is 4.49. The molecule has 3 aromatic rings. The lowest BCUT2D eigenvalue weighted by Crippen LogP contribution is -2.30. The van der Waals surface area contributed by atoms with Crippen molar-refractivity contribution in [3.63, 3.8) is 0 Å². The number of hydrogen-bond donors (Lipinski definition) is 0. The van der Waals surface area contributed by atoms with E-state index in [9.17, 15) is 0 Å². The third kappa shape index (κ3) is 1.66. The van der Waals surface area contributed by atoms with Gasteiger partial charge in [0.1, 0.15) is 7.05 Å². The van der Waals surface area contributed by atoms with E-state index in [1.807, 2.05) is 18.3 Å². The van der Waals surface area contributed by atoms with E-state index in [-0.39, 0.29) is 0 Å². The third-order valence-electron chi connectivity index (χ3n) is 3.36. The summed E-state index contributed by atoms with van der Waals surface area (Å²) in [6.45, 7) is 2.14. The largest absolute Gasteiger partial charge is 0.256 e. The van der Waals surface area contributed by atoms with Gasteiger partial charge in [-0.2, -0.15) is 0 Å². The van der Waals surface area contributed by atoms with E-state index in [2.05, 4.69) is 60.1 Å². The molecule has 0 fully saturated rings. The van der Waals surface area contributed by atoms with Crippen molar-refractivity contribution in [3.8, 4) is 11.3 Å². The number of benzene rings is 1. The lowest BCUT2D eigenvalue weighted by molar-refractivity contribution is -0.660. The first-order valence-corrected chi connectivity index (χ1v) is 6.07. The standard InChI is InChI=1S/C16H15N2/c1-12-14(15-7-3-4-11-18(15)2)9-8-13-6-5-10-17-16(12)13/h3-11H,1-2H3/q+1. The second-order valence-electron chi connectivity index (χ2n) is 4.51. The van der Waals surface area contributed by atoms with Crippen LogP contribution in [0.3, 0.4) is 0 Å². The summed E-state index contributed by atoms with van der Waals surface area (Å²) < 4.78 is 2.14. The summed E-state index contributed by atoms with van der Waals surface area (Å²) in [6.07, 6.45) is 3.92. The Hall–Kier alpha value is -2.22. The fourth-order valence-electron chi connectivity index (χ4n) is 2.37. The molecule has 88 valence electrons. The molecule has 0 aliphatic heterocycles. The third-order valence-corrected chi connectivity index (χ3v) is 3.36. The monoisotopic (exact) mass is 235 g/mol. The van der Waals surface area contributed by atoms with E-state index >= 15 is 0 Å². The Morgan fingerprint density at radius 1 is 1.00 bits per heavy atom. The van der Waals surface area contributed by atoms with Gasteiger partial charge in [0.2, 0.25) is 5.69 Å². The second kappa shape index (κ2) is 4.22. The zero-order chi connectivity index (χ0) is 12.5. The molecule has 0 saturated carbocycles. The van der Waals surface area contributed by atoms with Crippen molar-refractivity contribution < 1.29 is 4.57 Å². The van der Waals surface area contributed by atoms with Gasteiger partial charge in [0, 0.05) is 23.7 Å². The first-order valence-electron chi connectivity index (χ1n) is 6.07. The molecule has 3 rings (SSSR count). The number of rotatable bonds is 1. The summed E-state index contributed by atoms with van der Waals surface area (Å²) in [5.74, 6) is 0. The van der Waals surface area contributed by atoms with Gasteiger partial charge in [-0.1, -0.05) is 12.1 Å². The van der Waals surface area contributed by atoms with Crippen molar-refractivity contribution in [1.29, 1.82) is 0 Å². The van der Waals surface area contributed by atoms with E-state index in [1.165, 1.54) is 22.2 Å². The SMILES string of the molecule is Cc1c(-c2cccc[n+]2C)ccc2cccnc12. The van der Waals surface area contributed by atoms with Crippen molar-refractivity contribution in [3.05, 3.63) is 60.4 Å². The number of aromatic nitrogens is 2. The maximum Gasteiger partial charge on any atom is 0.212 e. The van der Waals surface area contributed by atoms with Gasteiger partial charge in [0.05, 0.1) is 11.1 Å². The molecule has 0 N–H and O–H groups in total. The van der Waals surface area contributed by atoms with E-state index in [0.29, 0.717) is 0 Å². The number of hydrogen-bond acceptors (Lipinski definition) is 1. The summed E-state index contributed by atoms with van der Waals surface area (Å²) in [7, 11) is 2.07. The maximum absolute atomic E-state index is 4.49. The Bertz CT molecular complexity index is 717. The van der Waals surface area contributed by atoms with Crippen LogP contribution < -0.4 is 4.57 Å². The average Bonchev–Trinajstić information content (AvgIpc) is 2.41. The van der Waals surface area contributed by atoms with Gasteiger partial charge in [-0.05, 0) is 30.7 Å². The summed E-state index contributed by atoms with van der Waals surface area (Å²) >= 11 is 0. The minimum absolute atomic E-state index is 1.08. The Morgan fingerprint density at radius 3 is 2.72 bits per heavy atom. The number of pyridine rings is 2. The molecule has 2 heteroatoms. The first-order chi connectivity index (χ1) is 8.77. The fraction of sp³-hybridized carbons (Fsp3) is 0.125. The Balaban J connectivity index is 2.31. The summed E-state index contributed by atoms with van der Waals surface area (Å²) in [5, 5.41) is 1.19. The second-order valence-corrected chi connectivity index (χ2v) is 4.51. The fourth-order valence-corrected chi connectivity index (χ4v) is 2.37. The molecular formula is C16H15N2+. The highest BCUT2D eigenvalue weighted by atomic mass is 14.9. The molecule has 2 heterocycles. The first kappa shape index (κ1) is 10.9. The number of nitrogens with zero attached hydrogens (tertiary/aromatic N) is 2. The smallest absolute Gasteiger partial charge is 0.212 e. The van der Waals surface area contributed by atoms with Crippen LogP contribution in [0.1, 0.15) is 5.56 Å².